The summed E-state index contributed by atoms with van der Waals surface area (Å²) in [5.74, 6) is -0.0215. The number of carbonyl (C=O) groups excluding carboxylic acids is 2. The number of carbonyl (C=O) groups is 2. The first-order valence-corrected chi connectivity index (χ1v) is 6.67. The zero-order valence-electron chi connectivity index (χ0n) is 11.3. The van der Waals surface area contributed by atoms with Crippen molar-refractivity contribution in [3.05, 3.63) is 48.6 Å². The zero-order valence-corrected chi connectivity index (χ0v) is 11.3. The van der Waals surface area contributed by atoms with Crippen molar-refractivity contribution in [3.8, 4) is 0 Å². The SMILES string of the molecule is C=C1CCN(c2ccc(N3CCC(=C)C3=O)cc2)C1=O. The van der Waals surface area contributed by atoms with E-state index in [1.165, 1.54) is 0 Å². The van der Waals surface area contributed by atoms with E-state index >= 15 is 0 Å². The van der Waals surface area contributed by atoms with E-state index in [0.717, 1.165) is 11.4 Å². The highest BCUT2D eigenvalue weighted by Crippen LogP contribution is 2.28. The van der Waals surface area contributed by atoms with Crippen molar-refractivity contribution in [1.82, 2.24) is 0 Å². The van der Waals surface area contributed by atoms with Crippen molar-refractivity contribution in [3.63, 3.8) is 0 Å². The van der Waals surface area contributed by atoms with Gasteiger partial charge in [-0.3, -0.25) is 9.59 Å². The largest absolute Gasteiger partial charge is 0.308 e. The van der Waals surface area contributed by atoms with Crippen molar-refractivity contribution >= 4 is 23.2 Å². The summed E-state index contributed by atoms with van der Waals surface area (Å²) in [4.78, 5) is 27.2. The van der Waals surface area contributed by atoms with E-state index in [0.29, 0.717) is 37.1 Å². The Labute approximate surface area is 118 Å². The summed E-state index contributed by atoms with van der Waals surface area (Å²) in [5, 5.41) is 0. The standard InChI is InChI=1S/C16H16N2O2/c1-11-7-9-17(15(11)19)13-3-5-14(6-4-13)18-10-8-12(2)16(18)20/h3-6H,1-2,7-10H2. The summed E-state index contributed by atoms with van der Waals surface area (Å²) in [7, 11) is 0. The van der Waals surface area contributed by atoms with Crippen LogP contribution in [0.15, 0.2) is 48.6 Å². The number of benzene rings is 1. The normalized spacial score (nSPS) is 19.4. The van der Waals surface area contributed by atoms with Crippen LogP contribution in [0.4, 0.5) is 11.4 Å². The zero-order chi connectivity index (χ0) is 14.3. The third kappa shape index (κ3) is 1.93. The lowest BCUT2D eigenvalue weighted by atomic mass is 10.2. The average molecular weight is 268 g/mol. The Balaban J connectivity index is 1.82. The maximum Gasteiger partial charge on any atom is 0.253 e. The molecule has 102 valence electrons. The first-order valence-electron chi connectivity index (χ1n) is 6.67. The summed E-state index contributed by atoms with van der Waals surface area (Å²) < 4.78 is 0. The fourth-order valence-corrected chi connectivity index (χ4v) is 2.60. The van der Waals surface area contributed by atoms with E-state index in [2.05, 4.69) is 13.2 Å². The van der Waals surface area contributed by atoms with Gasteiger partial charge in [0.05, 0.1) is 0 Å². The molecule has 1 aromatic carbocycles. The number of hydrogen-bond donors (Lipinski definition) is 0. The highest BCUT2D eigenvalue weighted by molar-refractivity contribution is 6.09. The molecule has 4 heteroatoms. The van der Waals surface area contributed by atoms with E-state index in [-0.39, 0.29) is 11.8 Å². The van der Waals surface area contributed by atoms with Crippen LogP contribution < -0.4 is 9.80 Å². The van der Waals surface area contributed by atoms with Crippen LogP contribution in [0.5, 0.6) is 0 Å². The minimum Gasteiger partial charge on any atom is -0.308 e. The topological polar surface area (TPSA) is 40.6 Å². The second-order valence-electron chi connectivity index (χ2n) is 5.14. The van der Waals surface area contributed by atoms with E-state index in [1.54, 1.807) is 9.80 Å². The molecule has 2 saturated heterocycles. The number of hydrogen-bond acceptors (Lipinski definition) is 2. The smallest absolute Gasteiger partial charge is 0.253 e. The van der Waals surface area contributed by atoms with Gasteiger partial charge in [-0.05, 0) is 37.1 Å². The van der Waals surface area contributed by atoms with E-state index < -0.39 is 0 Å². The van der Waals surface area contributed by atoms with Crippen LogP contribution in [-0.2, 0) is 9.59 Å². The molecule has 0 N–H and O–H groups in total. The predicted molar refractivity (Wildman–Crippen MR) is 78.7 cm³/mol. The molecule has 20 heavy (non-hydrogen) atoms. The van der Waals surface area contributed by atoms with Gasteiger partial charge >= 0.3 is 0 Å². The molecular formula is C16H16N2O2. The maximum absolute atomic E-state index is 11.9. The van der Waals surface area contributed by atoms with Gasteiger partial charge < -0.3 is 9.80 Å². The van der Waals surface area contributed by atoms with Gasteiger partial charge in [0.15, 0.2) is 0 Å². The molecule has 0 spiro atoms. The molecule has 0 aromatic heterocycles. The van der Waals surface area contributed by atoms with Gasteiger partial charge in [-0.25, -0.2) is 0 Å². The van der Waals surface area contributed by atoms with Crippen molar-refractivity contribution in [2.24, 2.45) is 0 Å². The minimum absolute atomic E-state index is 0.0108. The highest BCUT2D eigenvalue weighted by Gasteiger charge is 2.27. The van der Waals surface area contributed by atoms with Gasteiger partial charge in [0, 0.05) is 35.6 Å². The van der Waals surface area contributed by atoms with Crippen LogP contribution in [-0.4, -0.2) is 24.9 Å². The first-order chi connectivity index (χ1) is 9.58. The Hall–Kier alpha value is -2.36. The molecule has 2 aliphatic heterocycles. The Morgan fingerprint density at radius 3 is 1.35 bits per heavy atom. The molecule has 0 aliphatic carbocycles. The van der Waals surface area contributed by atoms with Crippen molar-refractivity contribution in [2.75, 3.05) is 22.9 Å². The quantitative estimate of drug-likeness (QED) is 0.772. The molecule has 0 saturated carbocycles. The molecule has 4 nitrogen and oxygen atoms in total. The third-order valence-corrected chi connectivity index (χ3v) is 3.84. The van der Waals surface area contributed by atoms with Gasteiger partial charge in [0.1, 0.15) is 0 Å². The van der Waals surface area contributed by atoms with E-state index in [1.807, 2.05) is 24.3 Å². The summed E-state index contributed by atoms with van der Waals surface area (Å²) in [6.45, 7) is 8.87. The molecule has 0 radical (unpaired) electrons. The van der Waals surface area contributed by atoms with Crippen molar-refractivity contribution < 1.29 is 9.59 Å². The summed E-state index contributed by atoms with van der Waals surface area (Å²) in [5.41, 5.74) is 3.01. The highest BCUT2D eigenvalue weighted by atomic mass is 16.2. The maximum atomic E-state index is 11.9. The molecule has 2 heterocycles. The lowest BCUT2D eigenvalue weighted by Crippen LogP contribution is -2.25. The summed E-state index contributed by atoms with van der Waals surface area (Å²) in [6, 6.07) is 7.50. The average Bonchev–Trinajstić information content (AvgIpc) is 2.96. The molecule has 1 aromatic rings. The fourth-order valence-electron chi connectivity index (χ4n) is 2.60. The van der Waals surface area contributed by atoms with Gasteiger partial charge in [0.2, 0.25) is 0 Å². The number of amides is 2. The molecule has 2 fully saturated rings. The van der Waals surface area contributed by atoms with Crippen LogP contribution >= 0.6 is 0 Å². The van der Waals surface area contributed by atoms with Gasteiger partial charge in [0.25, 0.3) is 11.8 Å². The van der Waals surface area contributed by atoms with Crippen molar-refractivity contribution in [2.45, 2.75) is 12.8 Å². The first kappa shape index (κ1) is 12.7. The Kier molecular flexibility index (Phi) is 2.93. The second-order valence-corrected chi connectivity index (χ2v) is 5.14. The molecule has 0 unspecified atom stereocenters. The van der Waals surface area contributed by atoms with Gasteiger partial charge in [-0.1, -0.05) is 13.2 Å². The lowest BCUT2D eigenvalue weighted by molar-refractivity contribution is -0.114. The second kappa shape index (κ2) is 4.63. The molecule has 2 amide bonds. The Morgan fingerprint density at radius 2 is 1.10 bits per heavy atom. The summed E-state index contributed by atoms with van der Waals surface area (Å²) >= 11 is 0. The number of nitrogens with zero attached hydrogens (tertiary/aromatic N) is 2. The fraction of sp³-hybridized carbons (Fsp3) is 0.250. The monoisotopic (exact) mass is 268 g/mol. The van der Waals surface area contributed by atoms with Gasteiger partial charge in [-0.15, -0.1) is 0 Å². The molecule has 2 aliphatic rings. The lowest BCUT2D eigenvalue weighted by Gasteiger charge is -2.19. The third-order valence-electron chi connectivity index (χ3n) is 3.84. The van der Waals surface area contributed by atoms with Crippen LogP contribution in [0.1, 0.15) is 12.8 Å². The van der Waals surface area contributed by atoms with Crippen LogP contribution in [0, 0.1) is 0 Å². The van der Waals surface area contributed by atoms with Crippen LogP contribution in [0.2, 0.25) is 0 Å². The molecular weight excluding hydrogens is 252 g/mol. The molecule has 0 bridgehead atoms. The number of rotatable bonds is 2. The van der Waals surface area contributed by atoms with Crippen LogP contribution in [0.3, 0.4) is 0 Å². The minimum atomic E-state index is -0.0108. The van der Waals surface area contributed by atoms with Gasteiger partial charge in [-0.2, -0.15) is 0 Å². The van der Waals surface area contributed by atoms with Crippen LogP contribution in [0.25, 0.3) is 0 Å². The molecule has 0 atom stereocenters. The molecule has 3 rings (SSSR count). The Morgan fingerprint density at radius 1 is 0.750 bits per heavy atom. The Bertz CT molecular complexity index is 561. The summed E-state index contributed by atoms with van der Waals surface area (Å²) in [6.07, 6.45) is 1.43. The number of anilines is 2. The predicted octanol–water partition coefficient (Wildman–Crippen LogP) is 2.27. The van der Waals surface area contributed by atoms with E-state index in [9.17, 15) is 9.59 Å². The van der Waals surface area contributed by atoms with Crippen molar-refractivity contribution in [1.29, 1.82) is 0 Å². The van der Waals surface area contributed by atoms with E-state index in [4.69, 9.17) is 0 Å².